The minimum Gasteiger partial charge on any atom is -0.357 e. The first-order valence-electron chi connectivity index (χ1n) is 5.31. The van der Waals surface area contributed by atoms with Crippen LogP contribution in [0.3, 0.4) is 0 Å². The average Bonchev–Trinajstić information content (AvgIpc) is 2.73. The number of likely N-dealkylation sites (N-methyl/N-ethyl adjacent to an activating group) is 1. The normalized spacial score (nSPS) is 19.4. The van der Waals surface area contributed by atoms with E-state index in [1.165, 1.54) is 11.8 Å². The molecule has 0 radical (unpaired) electrons. The summed E-state index contributed by atoms with van der Waals surface area (Å²) in [5, 5.41) is 4.97. The maximum absolute atomic E-state index is 11.7. The molecule has 1 saturated heterocycles. The average molecular weight is 227 g/mol. The standard InChI is InChI=1S/C10H17N3O3/c1-7(14)12-6-9(15)13-5-3-4-8(13)10(16)11-2/h8H,3-6H2,1-2H3,(H,11,16)(H,12,14)/t8-/m0/s1. The van der Waals surface area contributed by atoms with Gasteiger partial charge in [-0.25, -0.2) is 0 Å². The van der Waals surface area contributed by atoms with E-state index in [0.717, 1.165) is 6.42 Å². The zero-order chi connectivity index (χ0) is 12.1. The van der Waals surface area contributed by atoms with Gasteiger partial charge in [0, 0.05) is 20.5 Å². The maximum Gasteiger partial charge on any atom is 0.242 e. The molecular formula is C10H17N3O3. The van der Waals surface area contributed by atoms with E-state index >= 15 is 0 Å². The van der Waals surface area contributed by atoms with Crippen molar-refractivity contribution in [2.45, 2.75) is 25.8 Å². The van der Waals surface area contributed by atoms with Gasteiger partial charge in [0.1, 0.15) is 6.04 Å². The number of nitrogens with one attached hydrogen (secondary N) is 2. The second-order valence-electron chi connectivity index (χ2n) is 3.77. The van der Waals surface area contributed by atoms with Gasteiger partial charge in [-0.05, 0) is 12.8 Å². The summed E-state index contributed by atoms with van der Waals surface area (Å²) in [5.74, 6) is -0.598. The fourth-order valence-corrected chi connectivity index (χ4v) is 1.81. The van der Waals surface area contributed by atoms with Gasteiger partial charge in [0.15, 0.2) is 0 Å². The fraction of sp³-hybridized carbons (Fsp3) is 0.700. The van der Waals surface area contributed by atoms with E-state index in [0.29, 0.717) is 13.0 Å². The van der Waals surface area contributed by atoms with Crippen LogP contribution in [0.4, 0.5) is 0 Å². The van der Waals surface area contributed by atoms with Crippen LogP contribution in [0.25, 0.3) is 0 Å². The fourth-order valence-electron chi connectivity index (χ4n) is 1.81. The first kappa shape index (κ1) is 12.5. The van der Waals surface area contributed by atoms with Gasteiger partial charge in [-0.1, -0.05) is 0 Å². The molecule has 0 spiro atoms. The molecule has 1 rings (SSSR count). The molecule has 0 aromatic carbocycles. The quantitative estimate of drug-likeness (QED) is 0.639. The summed E-state index contributed by atoms with van der Waals surface area (Å²) < 4.78 is 0. The Labute approximate surface area is 94.4 Å². The van der Waals surface area contributed by atoms with Gasteiger partial charge >= 0.3 is 0 Å². The van der Waals surface area contributed by atoms with E-state index in [1.807, 2.05) is 0 Å². The maximum atomic E-state index is 11.7. The molecule has 0 unspecified atom stereocenters. The van der Waals surface area contributed by atoms with Crippen LogP contribution < -0.4 is 10.6 Å². The van der Waals surface area contributed by atoms with Crippen LogP contribution in [-0.4, -0.2) is 48.8 Å². The van der Waals surface area contributed by atoms with E-state index in [9.17, 15) is 14.4 Å². The van der Waals surface area contributed by atoms with Crippen LogP contribution >= 0.6 is 0 Å². The molecule has 1 fully saturated rings. The second-order valence-corrected chi connectivity index (χ2v) is 3.77. The molecule has 16 heavy (non-hydrogen) atoms. The van der Waals surface area contributed by atoms with Crippen molar-refractivity contribution in [3.8, 4) is 0 Å². The Morgan fingerprint density at radius 3 is 2.62 bits per heavy atom. The molecule has 1 heterocycles. The molecule has 0 bridgehead atoms. The molecule has 0 aromatic heterocycles. The Kier molecular flexibility index (Phi) is 4.28. The Balaban J connectivity index is 2.54. The van der Waals surface area contributed by atoms with Crippen LogP contribution in [0.15, 0.2) is 0 Å². The summed E-state index contributed by atoms with van der Waals surface area (Å²) in [7, 11) is 1.55. The van der Waals surface area contributed by atoms with Crippen LogP contribution in [0.5, 0.6) is 0 Å². The molecule has 0 aromatic rings. The highest BCUT2D eigenvalue weighted by Gasteiger charge is 2.33. The van der Waals surface area contributed by atoms with Crippen molar-refractivity contribution in [2.75, 3.05) is 20.1 Å². The van der Waals surface area contributed by atoms with Crippen LogP contribution in [-0.2, 0) is 14.4 Å². The Bertz CT molecular complexity index is 304. The molecule has 1 aliphatic rings. The highest BCUT2D eigenvalue weighted by molar-refractivity contribution is 5.90. The zero-order valence-corrected chi connectivity index (χ0v) is 9.58. The van der Waals surface area contributed by atoms with Crippen molar-refractivity contribution in [1.82, 2.24) is 15.5 Å². The molecule has 6 heteroatoms. The van der Waals surface area contributed by atoms with E-state index in [1.54, 1.807) is 7.05 Å². The van der Waals surface area contributed by atoms with Crippen LogP contribution in [0.1, 0.15) is 19.8 Å². The molecule has 6 nitrogen and oxygen atoms in total. The lowest BCUT2D eigenvalue weighted by molar-refractivity contribution is -0.138. The Morgan fingerprint density at radius 1 is 1.38 bits per heavy atom. The number of carbonyl (C=O) groups is 3. The van der Waals surface area contributed by atoms with Gasteiger partial charge in [-0.2, -0.15) is 0 Å². The molecule has 3 amide bonds. The third-order valence-corrected chi connectivity index (χ3v) is 2.61. The van der Waals surface area contributed by atoms with Gasteiger partial charge in [0.25, 0.3) is 0 Å². The molecule has 2 N–H and O–H groups in total. The third kappa shape index (κ3) is 2.95. The van der Waals surface area contributed by atoms with Gasteiger partial charge in [-0.15, -0.1) is 0 Å². The number of hydrogen-bond acceptors (Lipinski definition) is 3. The van der Waals surface area contributed by atoms with Crippen molar-refractivity contribution in [3.63, 3.8) is 0 Å². The summed E-state index contributed by atoms with van der Waals surface area (Å²) in [6.07, 6.45) is 1.51. The first-order chi connectivity index (χ1) is 7.56. The van der Waals surface area contributed by atoms with Crippen molar-refractivity contribution >= 4 is 17.7 Å². The number of likely N-dealkylation sites (tertiary alicyclic amines) is 1. The zero-order valence-electron chi connectivity index (χ0n) is 9.58. The summed E-state index contributed by atoms with van der Waals surface area (Å²) in [5.41, 5.74) is 0. The predicted octanol–water partition coefficient (Wildman–Crippen LogP) is -1.14. The number of rotatable bonds is 3. The Hall–Kier alpha value is -1.59. The van der Waals surface area contributed by atoms with Crippen LogP contribution in [0, 0.1) is 0 Å². The van der Waals surface area contributed by atoms with Crippen molar-refractivity contribution < 1.29 is 14.4 Å². The molecule has 1 aliphatic heterocycles. The van der Waals surface area contributed by atoms with Gasteiger partial charge in [-0.3, -0.25) is 14.4 Å². The lowest BCUT2D eigenvalue weighted by Gasteiger charge is -2.23. The molecule has 1 atom stereocenters. The van der Waals surface area contributed by atoms with E-state index < -0.39 is 0 Å². The second kappa shape index (κ2) is 5.48. The van der Waals surface area contributed by atoms with E-state index in [2.05, 4.69) is 10.6 Å². The molecular weight excluding hydrogens is 210 g/mol. The lowest BCUT2D eigenvalue weighted by atomic mass is 10.2. The van der Waals surface area contributed by atoms with Gasteiger partial charge in [0.05, 0.1) is 6.54 Å². The lowest BCUT2D eigenvalue weighted by Crippen LogP contribution is -2.48. The van der Waals surface area contributed by atoms with Crippen molar-refractivity contribution in [3.05, 3.63) is 0 Å². The third-order valence-electron chi connectivity index (χ3n) is 2.61. The highest BCUT2D eigenvalue weighted by atomic mass is 16.2. The number of amides is 3. The molecule has 90 valence electrons. The minimum atomic E-state index is -0.383. The SMILES string of the molecule is CNC(=O)[C@@H]1CCCN1C(=O)CNC(C)=O. The summed E-state index contributed by atoms with van der Waals surface area (Å²) in [6, 6.07) is -0.383. The minimum absolute atomic E-state index is 0.0389. The topological polar surface area (TPSA) is 78.5 Å². The van der Waals surface area contributed by atoms with E-state index in [4.69, 9.17) is 0 Å². The van der Waals surface area contributed by atoms with Gasteiger partial charge < -0.3 is 15.5 Å². The smallest absolute Gasteiger partial charge is 0.242 e. The van der Waals surface area contributed by atoms with E-state index in [-0.39, 0.29) is 30.3 Å². The monoisotopic (exact) mass is 227 g/mol. The number of hydrogen-bond donors (Lipinski definition) is 2. The summed E-state index contributed by atoms with van der Waals surface area (Å²) >= 11 is 0. The molecule has 0 aliphatic carbocycles. The number of carbonyl (C=O) groups excluding carboxylic acids is 3. The molecule has 0 saturated carbocycles. The highest BCUT2D eigenvalue weighted by Crippen LogP contribution is 2.16. The first-order valence-corrected chi connectivity index (χ1v) is 5.31. The summed E-state index contributed by atoms with van der Waals surface area (Å²) in [4.78, 5) is 35.4. The van der Waals surface area contributed by atoms with Gasteiger partial charge in [0.2, 0.25) is 17.7 Å². The largest absolute Gasteiger partial charge is 0.357 e. The summed E-state index contributed by atoms with van der Waals surface area (Å²) in [6.45, 7) is 1.90. The van der Waals surface area contributed by atoms with Crippen molar-refractivity contribution in [2.24, 2.45) is 0 Å². The van der Waals surface area contributed by atoms with Crippen molar-refractivity contribution in [1.29, 1.82) is 0 Å². The Morgan fingerprint density at radius 2 is 2.06 bits per heavy atom. The predicted molar refractivity (Wildman–Crippen MR) is 57.5 cm³/mol. The van der Waals surface area contributed by atoms with Crippen LogP contribution in [0.2, 0.25) is 0 Å². The number of nitrogens with zero attached hydrogens (tertiary/aromatic N) is 1.